The number of benzene rings is 1. The van der Waals surface area contributed by atoms with Gasteiger partial charge in [0.25, 0.3) is 5.91 Å². The van der Waals surface area contributed by atoms with Crippen LogP contribution in [0.3, 0.4) is 0 Å². The number of rotatable bonds is 4. The zero-order valence-corrected chi connectivity index (χ0v) is 15.2. The summed E-state index contributed by atoms with van der Waals surface area (Å²) in [6.45, 7) is 0.550. The number of H-pyrrole nitrogens is 1. The lowest BCUT2D eigenvalue weighted by Gasteiger charge is -2.17. The second-order valence-corrected chi connectivity index (χ2v) is 6.48. The van der Waals surface area contributed by atoms with Gasteiger partial charge in [-0.25, -0.2) is 0 Å². The molecule has 8 heteroatoms. The number of halogens is 1. The largest absolute Gasteiger partial charge is 0.506 e. The van der Waals surface area contributed by atoms with Gasteiger partial charge in [0, 0.05) is 30.4 Å². The second kappa shape index (κ2) is 6.85. The Kier molecular flexibility index (Phi) is 4.37. The van der Waals surface area contributed by atoms with Crippen LogP contribution >= 0.6 is 11.6 Å². The van der Waals surface area contributed by atoms with Crippen LogP contribution in [0.2, 0.25) is 5.02 Å². The van der Waals surface area contributed by atoms with E-state index in [1.165, 1.54) is 13.3 Å². The van der Waals surface area contributed by atoms with Crippen molar-refractivity contribution in [3.63, 3.8) is 0 Å². The molecule has 0 saturated heterocycles. The van der Waals surface area contributed by atoms with Crippen molar-refractivity contribution in [3.05, 3.63) is 52.9 Å². The first-order valence-corrected chi connectivity index (χ1v) is 8.74. The van der Waals surface area contributed by atoms with Crippen LogP contribution in [0.15, 0.2) is 36.7 Å². The molecule has 2 aromatic heterocycles. The molecule has 1 aliphatic heterocycles. The monoisotopic (exact) mass is 384 g/mol. The molecular weight excluding hydrogens is 368 g/mol. The van der Waals surface area contributed by atoms with Gasteiger partial charge in [0.2, 0.25) is 0 Å². The number of methoxy groups -OCH3 is 1. The summed E-state index contributed by atoms with van der Waals surface area (Å²) in [6, 6.07) is 7.00. The fourth-order valence-electron chi connectivity index (χ4n) is 3.25. The van der Waals surface area contributed by atoms with Crippen molar-refractivity contribution in [1.82, 2.24) is 15.3 Å². The molecule has 0 bridgehead atoms. The first-order chi connectivity index (χ1) is 13.1. The summed E-state index contributed by atoms with van der Waals surface area (Å²) < 4.78 is 5.40. The molecule has 138 valence electrons. The van der Waals surface area contributed by atoms with Crippen LogP contribution < -0.4 is 15.4 Å². The number of hydrogen-bond acceptors (Lipinski definition) is 5. The normalized spacial score (nSPS) is 13.0. The van der Waals surface area contributed by atoms with Crippen molar-refractivity contribution in [3.8, 4) is 22.8 Å². The predicted molar refractivity (Wildman–Crippen MR) is 103 cm³/mol. The quantitative estimate of drug-likeness (QED) is 0.552. The molecule has 0 aliphatic carbocycles. The fourth-order valence-corrected chi connectivity index (χ4v) is 3.50. The van der Waals surface area contributed by atoms with Gasteiger partial charge in [-0.2, -0.15) is 0 Å². The smallest absolute Gasteiger partial charge is 0.255 e. The topological polar surface area (TPSA) is 99.3 Å². The maximum Gasteiger partial charge on any atom is 0.255 e. The van der Waals surface area contributed by atoms with Gasteiger partial charge in [-0.1, -0.05) is 17.7 Å². The first-order valence-electron chi connectivity index (χ1n) is 8.36. The van der Waals surface area contributed by atoms with Crippen molar-refractivity contribution in [1.29, 1.82) is 0 Å². The minimum absolute atomic E-state index is 0.0117. The third kappa shape index (κ3) is 2.96. The molecule has 0 unspecified atom stereocenters. The Morgan fingerprint density at radius 1 is 1.33 bits per heavy atom. The maximum absolute atomic E-state index is 12.5. The lowest BCUT2D eigenvalue weighted by Crippen LogP contribution is -2.31. The Balaban J connectivity index is 1.91. The van der Waals surface area contributed by atoms with Gasteiger partial charge in [0.15, 0.2) is 5.75 Å². The van der Waals surface area contributed by atoms with Gasteiger partial charge < -0.3 is 25.5 Å². The molecule has 0 spiro atoms. The summed E-state index contributed by atoms with van der Waals surface area (Å²) in [5.74, 6) is 0.295. The molecule has 1 aromatic carbocycles. The number of carbonyl (C=O) groups is 1. The minimum atomic E-state index is -0.184. The Labute approximate surface area is 160 Å². The van der Waals surface area contributed by atoms with E-state index in [1.807, 2.05) is 0 Å². The molecule has 3 heterocycles. The molecule has 0 radical (unpaired) electrons. The van der Waals surface area contributed by atoms with Gasteiger partial charge in [-0.3, -0.25) is 9.78 Å². The number of anilines is 2. The Morgan fingerprint density at radius 3 is 2.96 bits per heavy atom. The summed E-state index contributed by atoms with van der Waals surface area (Å²) in [5.41, 5.74) is 3.60. The average molecular weight is 385 g/mol. The van der Waals surface area contributed by atoms with E-state index < -0.39 is 0 Å². The molecule has 3 aromatic rings. The Morgan fingerprint density at radius 2 is 2.19 bits per heavy atom. The highest BCUT2D eigenvalue weighted by Gasteiger charge is 2.28. The van der Waals surface area contributed by atoms with E-state index in [4.69, 9.17) is 16.3 Å². The van der Waals surface area contributed by atoms with E-state index >= 15 is 0 Å². The number of ether oxygens (including phenoxy) is 1. The van der Waals surface area contributed by atoms with Gasteiger partial charge in [0.1, 0.15) is 5.75 Å². The van der Waals surface area contributed by atoms with Crippen molar-refractivity contribution in [2.45, 2.75) is 6.42 Å². The van der Waals surface area contributed by atoms with Crippen LogP contribution in [0.1, 0.15) is 16.1 Å². The fraction of sp³-hybridized carbons (Fsp3) is 0.158. The number of carbonyl (C=O) groups excluding carboxylic acids is 1. The lowest BCUT2D eigenvalue weighted by molar-refractivity contribution is 0.0947. The van der Waals surface area contributed by atoms with Crippen LogP contribution in [0.5, 0.6) is 11.5 Å². The number of pyridine rings is 1. The van der Waals surface area contributed by atoms with E-state index in [9.17, 15) is 9.90 Å². The lowest BCUT2D eigenvalue weighted by atomic mass is 10.0. The standard InChI is InChI=1S/C19H17ClN4O3/c1-27-18-11(20)3-2-4-13(18)24-17-15-12(6-8-22-19(15)26)23-16(17)10-5-7-21-9-14(10)25/h2-5,7,9,23-25H,6,8H2,1H3,(H,22,26). The van der Waals surface area contributed by atoms with E-state index in [-0.39, 0.29) is 11.7 Å². The van der Waals surface area contributed by atoms with Crippen LogP contribution in [0.4, 0.5) is 11.4 Å². The predicted octanol–water partition coefficient (Wildman–Crippen LogP) is 3.47. The highest BCUT2D eigenvalue weighted by Crippen LogP contribution is 2.42. The summed E-state index contributed by atoms with van der Waals surface area (Å²) >= 11 is 6.22. The number of nitrogens with zero attached hydrogens (tertiary/aromatic N) is 1. The highest BCUT2D eigenvalue weighted by molar-refractivity contribution is 6.32. The zero-order valence-electron chi connectivity index (χ0n) is 14.5. The first kappa shape index (κ1) is 17.2. The zero-order chi connectivity index (χ0) is 19.0. The van der Waals surface area contributed by atoms with Crippen molar-refractivity contribution < 1.29 is 14.6 Å². The second-order valence-electron chi connectivity index (χ2n) is 6.07. The van der Waals surface area contributed by atoms with E-state index in [0.717, 1.165) is 5.69 Å². The van der Waals surface area contributed by atoms with Crippen molar-refractivity contribution >= 4 is 28.9 Å². The Hall–Kier alpha value is -3.19. The van der Waals surface area contributed by atoms with E-state index in [2.05, 4.69) is 20.6 Å². The number of aromatic nitrogens is 2. The third-order valence-electron chi connectivity index (χ3n) is 4.47. The number of amides is 1. The van der Waals surface area contributed by atoms with E-state index in [1.54, 1.807) is 30.5 Å². The molecule has 7 nitrogen and oxygen atoms in total. The number of nitrogens with one attached hydrogen (secondary N) is 3. The van der Waals surface area contributed by atoms with Gasteiger partial charge >= 0.3 is 0 Å². The molecule has 4 rings (SSSR count). The third-order valence-corrected chi connectivity index (χ3v) is 4.76. The molecule has 0 atom stereocenters. The molecule has 0 fully saturated rings. The molecule has 4 N–H and O–H groups in total. The summed E-state index contributed by atoms with van der Waals surface area (Å²) in [6.07, 6.45) is 3.60. The summed E-state index contributed by atoms with van der Waals surface area (Å²) in [4.78, 5) is 19.7. The average Bonchev–Trinajstić information content (AvgIpc) is 3.02. The minimum Gasteiger partial charge on any atom is -0.506 e. The number of fused-ring (bicyclic) bond motifs is 1. The molecular formula is C19H17ClN4O3. The van der Waals surface area contributed by atoms with Crippen molar-refractivity contribution in [2.24, 2.45) is 0 Å². The van der Waals surface area contributed by atoms with Gasteiger partial charge in [0.05, 0.1) is 41.0 Å². The van der Waals surface area contributed by atoms with Gasteiger partial charge in [-0.05, 0) is 18.2 Å². The van der Waals surface area contributed by atoms with Gasteiger partial charge in [-0.15, -0.1) is 0 Å². The number of aromatic hydroxyl groups is 1. The molecule has 0 saturated carbocycles. The SMILES string of the molecule is COc1c(Cl)cccc1Nc1c(-c2ccncc2O)[nH]c2c1C(=O)NCC2. The van der Waals surface area contributed by atoms with Crippen molar-refractivity contribution in [2.75, 3.05) is 19.0 Å². The molecule has 27 heavy (non-hydrogen) atoms. The molecule has 1 aliphatic rings. The number of aromatic amines is 1. The van der Waals surface area contributed by atoms with Crippen LogP contribution in [-0.4, -0.2) is 34.6 Å². The van der Waals surface area contributed by atoms with E-state index in [0.29, 0.717) is 51.9 Å². The number of hydrogen-bond donors (Lipinski definition) is 4. The number of para-hydroxylation sites is 1. The van der Waals surface area contributed by atoms with Crippen LogP contribution in [0.25, 0.3) is 11.3 Å². The van der Waals surface area contributed by atoms with Crippen LogP contribution in [-0.2, 0) is 6.42 Å². The molecule has 1 amide bonds. The Bertz CT molecular complexity index is 1030. The summed E-state index contributed by atoms with van der Waals surface area (Å²) in [5, 5.41) is 16.8. The summed E-state index contributed by atoms with van der Waals surface area (Å²) in [7, 11) is 1.53. The highest BCUT2D eigenvalue weighted by atomic mass is 35.5. The maximum atomic E-state index is 12.5. The van der Waals surface area contributed by atoms with Crippen LogP contribution in [0, 0.1) is 0 Å².